The fourth-order valence-electron chi connectivity index (χ4n) is 3.34. The van der Waals surface area contributed by atoms with Gasteiger partial charge in [0.05, 0.1) is 17.3 Å². The van der Waals surface area contributed by atoms with Gasteiger partial charge in [-0.1, -0.05) is 6.92 Å². The van der Waals surface area contributed by atoms with E-state index in [2.05, 4.69) is 22.1 Å². The van der Waals surface area contributed by atoms with Crippen molar-refractivity contribution in [2.24, 2.45) is 0 Å². The summed E-state index contributed by atoms with van der Waals surface area (Å²) in [6, 6.07) is 2.21. The number of nitrogens with one attached hydrogen (secondary N) is 1. The SMILES string of the molecule is CCN1CCC[C@@H](Nc2ncc(-c3c(C)cc(C(F)(F)F)cc3O)o2)C1. The van der Waals surface area contributed by atoms with Crippen LogP contribution in [-0.2, 0) is 6.18 Å². The Morgan fingerprint density at radius 1 is 1.38 bits per heavy atom. The monoisotopic (exact) mass is 369 g/mol. The zero-order valence-corrected chi connectivity index (χ0v) is 14.7. The first-order valence-electron chi connectivity index (χ1n) is 8.63. The molecule has 1 aromatic carbocycles. The lowest BCUT2D eigenvalue weighted by molar-refractivity contribution is -0.137. The van der Waals surface area contributed by atoms with Crippen LogP contribution in [0.2, 0.25) is 0 Å². The Bertz CT molecular complexity index is 750. The van der Waals surface area contributed by atoms with Crippen LogP contribution in [0.5, 0.6) is 5.75 Å². The molecule has 1 fully saturated rings. The van der Waals surface area contributed by atoms with Gasteiger partial charge >= 0.3 is 6.18 Å². The van der Waals surface area contributed by atoms with Gasteiger partial charge in [0, 0.05) is 12.6 Å². The first-order chi connectivity index (χ1) is 12.3. The van der Waals surface area contributed by atoms with Crippen LogP contribution in [0.25, 0.3) is 11.3 Å². The number of hydrogen-bond acceptors (Lipinski definition) is 5. The number of likely N-dealkylation sites (N-methyl/N-ethyl adjacent to an activating group) is 1. The Kier molecular flexibility index (Phi) is 5.13. The summed E-state index contributed by atoms with van der Waals surface area (Å²) in [5, 5.41) is 13.3. The minimum absolute atomic E-state index is 0.206. The summed E-state index contributed by atoms with van der Waals surface area (Å²) in [5.41, 5.74) is -0.400. The van der Waals surface area contributed by atoms with Crippen molar-refractivity contribution in [3.05, 3.63) is 29.5 Å². The van der Waals surface area contributed by atoms with Gasteiger partial charge in [-0.15, -0.1) is 0 Å². The minimum atomic E-state index is -4.51. The van der Waals surface area contributed by atoms with E-state index >= 15 is 0 Å². The number of oxazole rings is 1. The Hall–Kier alpha value is -2.22. The molecule has 0 unspecified atom stereocenters. The summed E-state index contributed by atoms with van der Waals surface area (Å²) >= 11 is 0. The Morgan fingerprint density at radius 3 is 2.81 bits per heavy atom. The summed E-state index contributed by atoms with van der Waals surface area (Å²) in [6.07, 6.45) is -1.02. The molecular weight excluding hydrogens is 347 g/mol. The number of halogens is 3. The second-order valence-electron chi connectivity index (χ2n) is 6.59. The number of aromatic nitrogens is 1. The number of likely N-dealkylation sites (tertiary alicyclic amines) is 1. The maximum Gasteiger partial charge on any atom is 0.416 e. The van der Waals surface area contributed by atoms with Gasteiger partial charge in [-0.2, -0.15) is 13.2 Å². The molecule has 1 saturated heterocycles. The molecule has 0 radical (unpaired) electrons. The van der Waals surface area contributed by atoms with Crippen molar-refractivity contribution in [2.45, 2.75) is 38.9 Å². The van der Waals surface area contributed by atoms with Crippen LogP contribution in [0.3, 0.4) is 0 Å². The van der Waals surface area contributed by atoms with Gasteiger partial charge in [0.1, 0.15) is 5.75 Å². The highest BCUT2D eigenvalue weighted by molar-refractivity contribution is 5.70. The van der Waals surface area contributed by atoms with Crippen LogP contribution in [0.4, 0.5) is 19.2 Å². The van der Waals surface area contributed by atoms with E-state index < -0.39 is 17.5 Å². The van der Waals surface area contributed by atoms with Crippen LogP contribution in [0.1, 0.15) is 30.9 Å². The molecule has 26 heavy (non-hydrogen) atoms. The van der Waals surface area contributed by atoms with Gasteiger partial charge in [0.2, 0.25) is 0 Å². The van der Waals surface area contributed by atoms with Gasteiger partial charge in [-0.3, -0.25) is 0 Å². The fraction of sp³-hybridized carbons (Fsp3) is 0.500. The number of benzene rings is 1. The smallest absolute Gasteiger partial charge is 0.416 e. The van der Waals surface area contributed by atoms with Gasteiger partial charge in [0.15, 0.2) is 5.76 Å². The predicted molar refractivity (Wildman–Crippen MR) is 92.1 cm³/mol. The van der Waals surface area contributed by atoms with Crippen LogP contribution in [0, 0.1) is 6.92 Å². The third-order valence-electron chi connectivity index (χ3n) is 4.67. The summed E-state index contributed by atoms with van der Waals surface area (Å²) in [4.78, 5) is 6.49. The van der Waals surface area contributed by atoms with Gasteiger partial charge < -0.3 is 19.7 Å². The highest BCUT2D eigenvalue weighted by Crippen LogP contribution is 2.39. The Morgan fingerprint density at radius 2 is 2.15 bits per heavy atom. The molecule has 2 heterocycles. The summed E-state index contributed by atoms with van der Waals surface area (Å²) in [6.45, 7) is 6.55. The lowest BCUT2D eigenvalue weighted by Crippen LogP contribution is -2.41. The number of piperidine rings is 1. The lowest BCUT2D eigenvalue weighted by Gasteiger charge is -2.31. The molecule has 0 amide bonds. The van der Waals surface area contributed by atoms with E-state index in [1.165, 1.54) is 13.1 Å². The molecule has 1 atom stereocenters. The molecule has 1 aliphatic rings. The van der Waals surface area contributed by atoms with Crippen LogP contribution < -0.4 is 5.32 Å². The van der Waals surface area contributed by atoms with Crippen LogP contribution in [-0.4, -0.2) is 40.7 Å². The normalized spacial score (nSPS) is 18.9. The van der Waals surface area contributed by atoms with E-state index in [9.17, 15) is 18.3 Å². The number of nitrogens with zero attached hydrogens (tertiary/aromatic N) is 2. The third kappa shape index (κ3) is 3.95. The fourth-order valence-corrected chi connectivity index (χ4v) is 3.34. The summed E-state index contributed by atoms with van der Waals surface area (Å²) in [5.74, 6) is -0.241. The molecular formula is C18H22F3N3O2. The molecule has 8 heteroatoms. The van der Waals surface area contributed by atoms with E-state index in [-0.39, 0.29) is 22.9 Å². The Labute approximate surface area is 149 Å². The van der Waals surface area contributed by atoms with E-state index in [1.54, 1.807) is 0 Å². The molecule has 0 saturated carbocycles. The minimum Gasteiger partial charge on any atom is -0.507 e. The van der Waals surface area contributed by atoms with Crippen molar-refractivity contribution in [2.75, 3.05) is 25.0 Å². The van der Waals surface area contributed by atoms with Gasteiger partial charge in [-0.05, 0) is 50.6 Å². The first-order valence-corrected chi connectivity index (χ1v) is 8.63. The molecule has 2 aromatic rings. The molecule has 1 aliphatic heterocycles. The van der Waals surface area contributed by atoms with Gasteiger partial charge in [0.25, 0.3) is 6.01 Å². The number of hydrogen-bond donors (Lipinski definition) is 2. The highest BCUT2D eigenvalue weighted by atomic mass is 19.4. The standard InChI is InChI=1S/C18H22F3N3O2/c1-3-24-6-4-5-13(10-24)23-17-22-9-15(26-17)16-11(2)7-12(8-14(16)25)18(19,20)21/h7-9,13,25H,3-6,10H2,1-2H3,(H,22,23)/t13-/m1/s1. The number of phenols is 1. The van der Waals surface area contributed by atoms with Crippen molar-refractivity contribution < 1.29 is 22.7 Å². The van der Waals surface area contributed by atoms with E-state index in [0.717, 1.165) is 38.5 Å². The number of aryl methyl sites for hydroxylation is 1. The molecule has 3 rings (SSSR count). The van der Waals surface area contributed by atoms with E-state index in [0.29, 0.717) is 12.1 Å². The molecule has 0 spiro atoms. The van der Waals surface area contributed by atoms with Crippen LogP contribution in [0.15, 0.2) is 22.7 Å². The van der Waals surface area contributed by atoms with Gasteiger partial charge in [-0.25, -0.2) is 4.98 Å². The van der Waals surface area contributed by atoms with Crippen molar-refractivity contribution >= 4 is 6.01 Å². The molecule has 2 N–H and O–H groups in total. The van der Waals surface area contributed by atoms with Crippen molar-refractivity contribution in [1.29, 1.82) is 0 Å². The molecule has 142 valence electrons. The third-order valence-corrected chi connectivity index (χ3v) is 4.67. The maximum atomic E-state index is 12.8. The van der Waals surface area contributed by atoms with E-state index in [4.69, 9.17) is 4.42 Å². The zero-order valence-electron chi connectivity index (χ0n) is 14.7. The molecule has 0 aliphatic carbocycles. The Balaban J connectivity index is 1.79. The molecule has 1 aromatic heterocycles. The largest absolute Gasteiger partial charge is 0.507 e. The van der Waals surface area contributed by atoms with Crippen molar-refractivity contribution in [1.82, 2.24) is 9.88 Å². The predicted octanol–water partition coefficient (Wildman–Crippen LogP) is 4.27. The van der Waals surface area contributed by atoms with Crippen molar-refractivity contribution in [3.63, 3.8) is 0 Å². The highest BCUT2D eigenvalue weighted by Gasteiger charge is 2.32. The number of alkyl halides is 3. The number of anilines is 1. The first kappa shape index (κ1) is 18.6. The number of rotatable bonds is 4. The van der Waals surface area contributed by atoms with Crippen molar-refractivity contribution in [3.8, 4) is 17.1 Å². The lowest BCUT2D eigenvalue weighted by atomic mass is 10.0. The second-order valence-corrected chi connectivity index (χ2v) is 6.59. The summed E-state index contributed by atoms with van der Waals surface area (Å²) < 4.78 is 44.2. The molecule has 5 nitrogen and oxygen atoms in total. The zero-order chi connectivity index (χ0) is 18.9. The number of phenolic OH excluding ortho intramolecular Hbond substituents is 1. The summed E-state index contributed by atoms with van der Waals surface area (Å²) in [7, 11) is 0. The topological polar surface area (TPSA) is 61.5 Å². The maximum absolute atomic E-state index is 12.8. The average molecular weight is 369 g/mol. The number of aromatic hydroxyl groups is 1. The molecule has 0 bridgehead atoms. The average Bonchev–Trinajstić information content (AvgIpc) is 3.01. The quantitative estimate of drug-likeness (QED) is 0.843. The van der Waals surface area contributed by atoms with E-state index in [1.807, 2.05) is 0 Å². The van der Waals surface area contributed by atoms with Crippen LogP contribution >= 0.6 is 0 Å². The second kappa shape index (κ2) is 7.19.